The van der Waals surface area contributed by atoms with E-state index >= 15 is 0 Å². The highest BCUT2D eigenvalue weighted by molar-refractivity contribution is 5.05. The molecule has 3 rings (SSSR count). The van der Waals surface area contributed by atoms with Gasteiger partial charge in [-0.25, -0.2) is 0 Å². The molecule has 3 unspecified atom stereocenters. The maximum Gasteiger partial charge on any atom is 0.0487 e. The number of aliphatic hydroxyl groups excluding tert-OH is 1. The Morgan fingerprint density at radius 2 is 1.81 bits per heavy atom. The Morgan fingerprint density at radius 1 is 1.05 bits per heavy atom. The lowest BCUT2D eigenvalue weighted by molar-refractivity contribution is -0.135. The lowest BCUT2D eigenvalue weighted by atomic mass is 9.44. The van der Waals surface area contributed by atoms with Crippen molar-refractivity contribution < 1.29 is 5.11 Å². The summed E-state index contributed by atoms with van der Waals surface area (Å²) < 4.78 is 0. The van der Waals surface area contributed by atoms with Crippen molar-refractivity contribution in [3.05, 3.63) is 0 Å². The van der Waals surface area contributed by atoms with Crippen LogP contribution in [0.2, 0.25) is 0 Å². The Bertz CT molecular complexity index is 376. The minimum Gasteiger partial charge on any atom is -0.396 e. The number of aliphatic hydroxyl groups is 1. The van der Waals surface area contributed by atoms with Crippen LogP contribution in [0.25, 0.3) is 0 Å². The molecule has 1 nitrogen and oxygen atoms in total. The number of fused-ring (bicyclic) bond motifs is 3. The second kappa shape index (κ2) is 5.55. The summed E-state index contributed by atoms with van der Waals surface area (Å²) in [5.74, 6) is 4.52. The van der Waals surface area contributed by atoms with Gasteiger partial charge in [0.05, 0.1) is 0 Å². The molecule has 0 aromatic carbocycles. The van der Waals surface area contributed by atoms with Gasteiger partial charge in [-0.15, -0.1) is 0 Å². The molecule has 3 aliphatic carbocycles. The van der Waals surface area contributed by atoms with Gasteiger partial charge < -0.3 is 5.11 Å². The maximum absolute atomic E-state index is 10.0. The molecule has 0 bridgehead atoms. The van der Waals surface area contributed by atoms with Gasteiger partial charge in [0.15, 0.2) is 0 Å². The van der Waals surface area contributed by atoms with Crippen LogP contribution in [0, 0.1) is 40.4 Å². The highest BCUT2D eigenvalue weighted by atomic mass is 16.3. The van der Waals surface area contributed by atoms with Gasteiger partial charge in [0.2, 0.25) is 0 Å². The first-order valence-electron chi connectivity index (χ1n) is 9.51. The van der Waals surface area contributed by atoms with Gasteiger partial charge in [0.1, 0.15) is 0 Å². The molecule has 3 fully saturated rings. The minimum absolute atomic E-state index is 0.201. The quantitative estimate of drug-likeness (QED) is 0.734. The standard InChI is InChI=1S/C20H36O/c1-14(2)15-6-8-17-16(12-15)7-9-18-19(3,13-21)10-5-11-20(17,18)4/h14-18,21H,5-13H2,1-4H3/t15?,16?,17-,18?,19-,20-/m1/s1. The van der Waals surface area contributed by atoms with Crippen LogP contribution in [0.4, 0.5) is 0 Å². The first-order chi connectivity index (χ1) is 9.90. The summed E-state index contributed by atoms with van der Waals surface area (Å²) in [5.41, 5.74) is 0.716. The number of hydrogen-bond acceptors (Lipinski definition) is 1. The third-order valence-corrected chi connectivity index (χ3v) is 8.10. The molecule has 3 saturated carbocycles. The zero-order valence-electron chi connectivity index (χ0n) is 14.7. The Hall–Kier alpha value is -0.0400. The molecule has 1 N–H and O–H groups in total. The molecule has 3 aliphatic rings. The third kappa shape index (κ3) is 2.48. The maximum atomic E-state index is 10.0. The van der Waals surface area contributed by atoms with E-state index in [9.17, 15) is 5.11 Å². The van der Waals surface area contributed by atoms with E-state index in [1.807, 2.05) is 0 Å². The largest absolute Gasteiger partial charge is 0.396 e. The molecule has 0 saturated heterocycles. The van der Waals surface area contributed by atoms with Crippen LogP contribution in [0.5, 0.6) is 0 Å². The zero-order chi connectivity index (χ0) is 15.3. The highest BCUT2D eigenvalue weighted by Gasteiger charge is 2.56. The Kier molecular flexibility index (Phi) is 4.19. The van der Waals surface area contributed by atoms with E-state index in [1.165, 1.54) is 51.4 Å². The Morgan fingerprint density at radius 3 is 2.48 bits per heavy atom. The van der Waals surface area contributed by atoms with Gasteiger partial charge in [-0.05, 0) is 85.4 Å². The summed E-state index contributed by atoms with van der Waals surface area (Å²) in [6, 6.07) is 0. The van der Waals surface area contributed by atoms with E-state index in [4.69, 9.17) is 0 Å². The average molecular weight is 293 g/mol. The first-order valence-corrected chi connectivity index (χ1v) is 9.51. The van der Waals surface area contributed by atoms with Crippen LogP contribution in [0.3, 0.4) is 0 Å². The van der Waals surface area contributed by atoms with Gasteiger partial charge in [-0.1, -0.05) is 34.1 Å². The average Bonchev–Trinajstić information content (AvgIpc) is 2.46. The summed E-state index contributed by atoms with van der Waals surface area (Å²) in [6.07, 6.45) is 11.2. The Labute approximate surface area is 131 Å². The van der Waals surface area contributed by atoms with Crippen molar-refractivity contribution in [2.45, 2.75) is 79.1 Å². The molecule has 0 amide bonds. The van der Waals surface area contributed by atoms with E-state index in [2.05, 4.69) is 27.7 Å². The van der Waals surface area contributed by atoms with Crippen molar-refractivity contribution in [1.29, 1.82) is 0 Å². The van der Waals surface area contributed by atoms with Gasteiger partial charge in [-0.3, -0.25) is 0 Å². The fourth-order valence-electron chi connectivity index (χ4n) is 6.80. The highest BCUT2D eigenvalue weighted by Crippen LogP contribution is 2.64. The summed E-state index contributed by atoms with van der Waals surface area (Å²) in [7, 11) is 0. The van der Waals surface area contributed by atoms with Gasteiger partial charge >= 0.3 is 0 Å². The van der Waals surface area contributed by atoms with Crippen LogP contribution in [-0.2, 0) is 0 Å². The molecule has 0 spiro atoms. The van der Waals surface area contributed by atoms with Crippen molar-refractivity contribution in [1.82, 2.24) is 0 Å². The van der Waals surface area contributed by atoms with Crippen LogP contribution >= 0.6 is 0 Å². The molecule has 0 radical (unpaired) electrons. The first kappa shape index (κ1) is 15.8. The normalized spacial score (nSPS) is 50.6. The van der Waals surface area contributed by atoms with Crippen molar-refractivity contribution >= 4 is 0 Å². The molecule has 0 aromatic rings. The minimum atomic E-state index is 0.201. The topological polar surface area (TPSA) is 20.2 Å². The summed E-state index contributed by atoms with van der Waals surface area (Å²) in [5, 5.41) is 10.0. The fourth-order valence-corrected chi connectivity index (χ4v) is 6.80. The predicted molar refractivity (Wildman–Crippen MR) is 89.0 cm³/mol. The number of hydrogen-bond donors (Lipinski definition) is 1. The van der Waals surface area contributed by atoms with Crippen molar-refractivity contribution in [2.24, 2.45) is 40.4 Å². The van der Waals surface area contributed by atoms with Gasteiger partial charge in [-0.2, -0.15) is 0 Å². The Balaban J connectivity index is 1.82. The summed E-state index contributed by atoms with van der Waals surface area (Å²) >= 11 is 0. The molecular weight excluding hydrogens is 256 g/mol. The van der Waals surface area contributed by atoms with Crippen LogP contribution < -0.4 is 0 Å². The molecule has 0 aromatic heterocycles. The van der Waals surface area contributed by atoms with E-state index < -0.39 is 0 Å². The molecule has 1 heteroatoms. The predicted octanol–water partition coefficient (Wildman–Crippen LogP) is 5.27. The van der Waals surface area contributed by atoms with Crippen molar-refractivity contribution in [2.75, 3.05) is 6.61 Å². The SMILES string of the molecule is CC(C)C1CC[C@@H]2C(CCC3[C@@](C)(CO)CCC[C@@]32C)C1. The summed E-state index contributed by atoms with van der Waals surface area (Å²) in [6.45, 7) is 10.2. The second-order valence-electron chi connectivity index (χ2n) is 9.49. The van der Waals surface area contributed by atoms with Crippen molar-refractivity contribution in [3.63, 3.8) is 0 Å². The monoisotopic (exact) mass is 292 g/mol. The molecular formula is C20H36O. The molecule has 0 heterocycles. The van der Waals surface area contributed by atoms with E-state index in [0.29, 0.717) is 12.0 Å². The van der Waals surface area contributed by atoms with Gasteiger partial charge in [0, 0.05) is 6.61 Å². The zero-order valence-corrected chi connectivity index (χ0v) is 14.7. The second-order valence-corrected chi connectivity index (χ2v) is 9.49. The lowest BCUT2D eigenvalue weighted by Gasteiger charge is -2.61. The molecule has 122 valence electrons. The lowest BCUT2D eigenvalue weighted by Crippen LogP contribution is -2.54. The van der Waals surface area contributed by atoms with E-state index in [-0.39, 0.29) is 5.41 Å². The summed E-state index contributed by atoms with van der Waals surface area (Å²) in [4.78, 5) is 0. The molecule has 0 aliphatic heterocycles. The number of rotatable bonds is 2. The van der Waals surface area contributed by atoms with E-state index in [1.54, 1.807) is 0 Å². The third-order valence-electron chi connectivity index (χ3n) is 8.10. The van der Waals surface area contributed by atoms with Crippen LogP contribution in [0.15, 0.2) is 0 Å². The van der Waals surface area contributed by atoms with Gasteiger partial charge in [0.25, 0.3) is 0 Å². The fraction of sp³-hybridized carbons (Fsp3) is 1.00. The van der Waals surface area contributed by atoms with Crippen LogP contribution in [-0.4, -0.2) is 11.7 Å². The molecule has 21 heavy (non-hydrogen) atoms. The van der Waals surface area contributed by atoms with E-state index in [0.717, 1.165) is 29.6 Å². The van der Waals surface area contributed by atoms with Crippen LogP contribution in [0.1, 0.15) is 79.1 Å². The molecule has 6 atom stereocenters. The van der Waals surface area contributed by atoms with Crippen molar-refractivity contribution in [3.8, 4) is 0 Å². The smallest absolute Gasteiger partial charge is 0.0487 e.